The minimum Gasteiger partial charge on any atom is -0.525 e. The van der Waals surface area contributed by atoms with Gasteiger partial charge in [0.25, 0.3) is 0 Å². The highest BCUT2D eigenvalue weighted by atomic mass is 32.2. The van der Waals surface area contributed by atoms with Crippen molar-refractivity contribution in [3.05, 3.63) is 48.5 Å². The monoisotopic (exact) mass is 353 g/mol. The van der Waals surface area contributed by atoms with Crippen LogP contribution in [0, 0.1) is 0 Å². The number of para-hydroxylation sites is 2. The van der Waals surface area contributed by atoms with E-state index >= 15 is 0 Å². The predicted octanol–water partition coefficient (Wildman–Crippen LogP) is 1.49. The van der Waals surface area contributed by atoms with E-state index in [1.807, 2.05) is 0 Å². The van der Waals surface area contributed by atoms with Crippen LogP contribution in [0.25, 0.3) is 0 Å². The molecule has 0 aromatic heterocycles. The summed E-state index contributed by atoms with van der Waals surface area (Å²) in [4.78, 5) is 0.0208. The van der Waals surface area contributed by atoms with E-state index in [1.165, 1.54) is 24.3 Å². The Hall–Kier alpha value is -2.00. The van der Waals surface area contributed by atoms with Gasteiger partial charge in [0.05, 0.1) is 0 Å². The van der Waals surface area contributed by atoms with Crippen molar-refractivity contribution in [2.24, 2.45) is 0 Å². The summed E-state index contributed by atoms with van der Waals surface area (Å²) in [6.45, 7) is 0. The molecule has 0 N–H and O–H groups in total. The highest BCUT2D eigenvalue weighted by Gasteiger charge is 2.17. The van der Waals surface area contributed by atoms with Crippen LogP contribution in [-0.4, -0.2) is 37.0 Å². The van der Waals surface area contributed by atoms with Gasteiger partial charge in [-0.3, -0.25) is 0 Å². The smallest absolute Gasteiger partial charge is 0.525 e. The number of hydrogen-bond acceptors (Lipinski definition) is 6. The molecule has 0 unspecified atom stereocenters. The van der Waals surface area contributed by atoms with Gasteiger partial charge in [0.2, 0.25) is 0 Å². The van der Waals surface area contributed by atoms with E-state index in [1.54, 1.807) is 24.3 Å². The van der Waals surface area contributed by atoms with Crippen LogP contribution in [0.1, 0.15) is 0 Å². The molecule has 0 heterocycles. The van der Waals surface area contributed by atoms with Crippen LogP contribution in [0.4, 0.5) is 0 Å². The lowest BCUT2D eigenvalue weighted by Crippen LogP contribution is -2.14. The molecule has 0 spiro atoms. The average molecular weight is 353 g/mol. The summed E-state index contributed by atoms with van der Waals surface area (Å²) in [7, 11) is -6.02. The molecule has 0 saturated heterocycles. The second kappa shape index (κ2) is 6.63. The van der Waals surface area contributed by atoms with Crippen LogP contribution in [0.3, 0.4) is 0 Å². The number of sulfone groups is 2. The van der Waals surface area contributed by atoms with Crippen molar-refractivity contribution < 1.29 is 26.1 Å². The van der Waals surface area contributed by atoms with Crippen LogP contribution < -0.4 is 9.31 Å². The maximum absolute atomic E-state index is 11.7. The van der Waals surface area contributed by atoms with Crippen molar-refractivity contribution in [3.8, 4) is 11.5 Å². The molecule has 0 aliphatic rings. The molecule has 9 heteroatoms. The van der Waals surface area contributed by atoms with Gasteiger partial charge in [0, 0.05) is 12.5 Å². The molecule has 0 saturated carbocycles. The summed E-state index contributed by atoms with van der Waals surface area (Å²) in [6.07, 6.45) is 2.13. The highest BCUT2D eigenvalue weighted by molar-refractivity contribution is 7.91. The fourth-order valence-electron chi connectivity index (χ4n) is 1.84. The fraction of sp³-hybridized carbons (Fsp3) is 0.143. The van der Waals surface area contributed by atoms with E-state index < -0.39 is 19.7 Å². The Labute approximate surface area is 136 Å². The van der Waals surface area contributed by atoms with Crippen LogP contribution in [0.5, 0.6) is 11.5 Å². The molecule has 6 nitrogen and oxygen atoms in total. The molecule has 0 fully saturated rings. The van der Waals surface area contributed by atoms with Crippen LogP contribution in [-0.2, 0) is 19.7 Å². The molecule has 1 radical (unpaired) electrons. The largest absolute Gasteiger partial charge is 0.658 e. The van der Waals surface area contributed by atoms with Gasteiger partial charge in [0.1, 0.15) is 21.3 Å². The molecule has 2 aromatic carbocycles. The van der Waals surface area contributed by atoms with Gasteiger partial charge in [-0.1, -0.05) is 24.3 Å². The van der Waals surface area contributed by atoms with Gasteiger partial charge in [-0.2, -0.15) is 0 Å². The maximum atomic E-state index is 11.7. The first-order valence-electron chi connectivity index (χ1n) is 6.43. The Morgan fingerprint density at radius 2 is 1.04 bits per heavy atom. The summed E-state index contributed by atoms with van der Waals surface area (Å²) in [6, 6.07) is 12.1. The summed E-state index contributed by atoms with van der Waals surface area (Å²) in [5, 5.41) is 0. The van der Waals surface area contributed by atoms with Crippen LogP contribution in [0.2, 0.25) is 0 Å². The summed E-state index contributed by atoms with van der Waals surface area (Å²) in [5.74, 6) is 0.179. The van der Waals surface area contributed by atoms with Gasteiger partial charge >= 0.3 is 7.69 Å². The van der Waals surface area contributed by atoms with Gasteiger partial charge in [0.15, 0.2) is 19.7 Å². The SMILES string of the molecule is CS(=O)(=O)c1ccccc1O[B]Oc1ccccc1S(C)(=O)=O. The first kappa shape index (κ1) is 17.4. The topological polar surface area (TPSA) is 86.7 Å². The van der Waals surface area contributed by atoms with Crippen molar-refractivity contribution in [1.82, 2.24) is 0 Å². The predicted molar refractivity (Wildman–Crippen MR) is 86.1 cm³/mol. The lowest BCUT2D eigenvalue weighted by Gasteiger charge is -2.11. The molecule has 0 amide bonds. The standard InChI is InChI=1S/C14H14BO6S2/c1-22(16,17)13-9-5-3-7-11(13)20-15-21-12-8-4-6-10-14(12)23(2,18)19/h3-10H,1-2H3. The molecule has 0 bridgehead atoms. The Balaban J connectivity index is 2.17. The van der Waals surface area contributed by atoms with E-state index in [0.29, 0.717) is 0 Å². The van der Waals surface area contributed by atoms with E-state index in [0.717, 1.165) is 20.2 Å². The summed E-state index contributed by atoms with van der Waals surface area (Å²) >= 11 is 0. The first-order valence-corrected chi connectivity index (χ1v) is 10.2. The van der Waals surface area contributed by atoms with E-state index in [-0.39, 0.29) is 21.3 Å². The van der Waals surface area contributed by atoms with Crippen LogP contribution in [0.15, 0.2) is 58.3 Å². The Kier molecular flexibility index (Phi) is 5.01. The molecule has 2 aromatic rings. The normalized spacial score (nSPS) is 11.7. The third-order valence-electron chi connectivity index (χ3n) is 2.85. The lowest BCUT2D eigenvalue weighted by atomic mass is 10.3. The zero-order chi connectivity index (χ0) is 17.1. The van der Waals surface area contributed by atoms with Crippen molar-refractivity contribution >= 4 is 27.4 Å². The zero-order valence-corrected chi connectivity index (χ0v) is 14.1. The molecular weight excluding hydrogens is 339 g/mol. The molecule has 0 aliphatic carbocycles. The molecular formula is C14H14BO6S2. The van der Waals surface area contributed by atoms with E-state index in [4.69, 9.17) is 9.31 Å². The van der Waals surface area contributed by atoms with Gasteiger partial charge in [-0.25, -0.2) is 16.8 Å². The fourth-order valence-corrected chi connectivity index (χ4v) is 3.45. The van der Waals surface area contributed by atoms with Gasteiger partial charge in [-0.15, -0.1) is 0 Å². The number of benzene rings is 2. The van der Waals surface area contributed by atoms with Crippen LogP contribution >= 0.6 is 0 Å². The maximum Gasteiger partial charge on any atom is 0.658 e. The number of rotatable bonds is 6. The Bertz CT molecular complexity index is 831. The molecule has 2 rings (SSSR count). The third-order valence-corrected chi connectivity index (χ3v) is 5.12. The summed E-state index contributed by atoms with van der Waals surface area (Å²) < 4.78 is 57.1. The average Bonchev–Trinajstić information content (AvgIpc) is 2.46. The second-order valence-electron chi connectivity index (χ2n) is 4.77. The van der Waals surface area contributed by atoms with Gasteiger partial charge in [-0.05, 0) is 24.3 Å². The van der Waals surface area contributed by atoms with Crippen molar-refractivity contribution in [3.63, 3.8) is 0 Å². The quantitative estimate of drug-likeness (QED) is 0.732. The van der Waals surface area contributed by atoms with Gasteiger partial charge < -0.3 is 9.31 Å². The second-order valence-corrected chi connectivity index (χ2v) is 8.74. The highest BCUT2D eigenvalue weighted by Crippen LogP contribution is 2.25. The van der Waals surface area contributed by atoms with E-state index in [9.17, 15) is 16.8 Å². The molecule has 0 atom stereocenters. The van der Waals surface area contributed by atoms with E-state index in [2.05, 4.69) is 0 Å². The summed E-state index contributed by atoms with van der Waals surface area (Å²) in [5.41, 5.74) is 0. The lowest BCUT2D eigenvalue weighted by molar-refractivity contribution is 0.444. The zero-order valence-electron chi connectivity index (χ0n) is 12.5. The Morgan fingerprint density at radius 3 is 1.39 bits per heavy atom. The van der Waals surface area contributed by atoms with Crippen molar-refractivity contribution in [1.29, 1.82) is 0 Å². The Morgan fingerprint density at radius 1 is 0.696 bits per heavy atom. The number of hydrogen-bond donors (Lipinski definition) is 0. The minimum absolute atomic E-state index is 0.0104. The third kappa shape index (κ3) is 4.49. The molecule has 121 valence electrons. The molecule has 23 heavy (non-hydrogen) atoms. The molecule has 0 aliphatic heterocycles. The van der Waals surface area contributed by atoms with Crippen molar-refractivity contribution in [2.45, 2.75) is 9.79 Å². The van der Waals surface area contributed by atoms with Crippen molar-refractivity contribution in [2.75, 3.05) is 12.5 Å². The first-order chi connectivity index (χ1) is 10.7. The minimum atomic E-state index is -3.46.